The van der Waals surface area contributed by atoms with E-state index in [1.165, 1.54) is 24.3 Å². The van der Waals surface area contributed by atoms with E-state index in [9.17, 15) is 8.78 Å². The number of halogens is 4. The Kier molecular flexibility index (Phi) is 4.79. The van der Waals surface area contributed by atoms with Gasteiger partial charge in [0.15, 0.2) is 0 Å². The zero-order valence-corrected chi connectivity index (χ0v) is 15.9. The van der Waals surface area contributed by atoms with E-state index in [0.29, 0.717) is 12.8 Å². The van der Waals surface area contributed by atoms with Crippen LogP contribution in [0, 0.1) is 23.3 Å². The molecule has 0 aliphatic heterocycles. The van der Waals surface area contributed by atoms with Crippen LogP contribution in [-0.2, 0) is 16.6 Å². The van der Waals surface area contributed by atoms with Crippen LogP contribution in [-0.4, -0.2) is 0 Å². The fourth-order valence-electron chi connectivity index (χ4n) is 4.08. The van der Waals surface area contributed by atoms with Gasteiger partial charge in [-0.2, -0.15) is 0 Å². The predicted octanol–water partition coefficient (Wildman–Crippen LogP) is 5.04. The summed E-state index contributed by atoms with van der Waals surface area (Å²) in [4.78, 5) is 0. The summed E-state index contributed by atoms with van der Waals surface area (Å²) in [5.74, 6) is -3.89. The molecule has 2 aromatic rings. The first-order valence-corrected chi connectivity index (χ1v) is 11.8. The first-order chi connectivity index (χ1) is 13.1. The zero-order chi connectivity index (χ0) is 19.0. The van der Waals surface area contributed by atoms with Crippen molar-refractivity contribution in [2.24, 2.45) is 0 Å². The van der Waals surface area contributed by atoms with Crippen LogP contribution in [0.3, 0.4) is 0 Å². The van der Waals surface area contributed by atoms with Gasteiger partial charge in [0, 0.05) is 0 Å². The first-order valence-electron chi connectivity index (χ1n) is 8.68. The molecule has 0 fully saturated rings. The second-order valence-corrected chi connectivity index (χ2v) is 12.6. The van der Waals surface area contributed by atoms with Gasteiger partial charge in [-0.05, 0) is 0 Å². The number of hydrogen-bond acceptors (Lipinski definition) is 0. The topological polar surface area (TPSA) is 0 Å². The molecule has 2 aliphatic carbocycles. The van der Waals surface area contributed by atoms with Crippen molar-refractivity contribution in [1.82, 2.24) is 0 Å². The first kappa shape index (κ1) is 18.2. The quantitative estimate of drug-likeness (QED) is 0.495. The molecule has 0 saturated carbocycles. The van der Waals surface area contributed by atoms with Crippen molar-refractivity contribution in [3.63, 3.8) is 0 Å². The minimum atomic E-state index is -4.18. The summed E-state index contributed by atoms with van der Waals surface area (Å²) in [7, 11) is 0. The summed E-state index contributed by atoms with van der Waals surface area (Å²) in [5.41, 5.74) is 0. The molecule has 0 atom stereocenters. The zero-order valence-electron chi connectivity index (χ0n) is 14.4. The molecule has 0 amide bonds. The van der Waals surface area contributed by atoms with Crippen LogP contribution in [0.2, 0.25) is 0 Å². The monoisotopic (exact) mass is 404 g/mol. The standard InChI is InChI=1S/2C6H3F2.2C5H5.Ti/c2*7-5-3-1-2-4-6(5)8;2*1-2-4-5-3-1;/h2*1-3H;2*1-3H,4H2;. The number of benzene rings is 2. The molecule has 0 aromatic heterocycles. The van der Waals surface area contributed by atoms with Gasteiger partial charge in [0.2, 0.25) is 0 Å². The average molecular weight is 404 g/mol. The van der Waals surface area contributed by atoms with Crippen LogP contribution in [0.4, 0.5) is 17.6 Å². The Hall–Kier alpha value is -2.17. The van der Waals surface area contributed by atoms with Gasteiger partial charge >= 0.3 is 159 Å². The van der Waals surface area contributed by atoms with E-state index in [4.69, 9.17) is 0 Å². The van der Waals surface area contributed by atoms with E-state index < -0.39 is 39.9 Å². The van der Waals surface area contributed by atoms with E-state index in [-0.39, 0.29) is 7.74 Å². The van der Waals surface area contributed by atoms with Crippen molar-refractivity contribution in [1.29, 1.82) is 0 Å². The molecule has 0 nitrogen and oxygen atoms in total. The van der Waals surface area contributed by atoms with Crippen LogP contribution < -0.4 is 7.74 Å². The third-order valence-electron chi connectivity index (χ3n) is 5.22. The van der Waals surface area contributed by atoms with Gasteiger partial charge in [-0.25, -0.2) is 0 Å². The Balaban J connectivity index is 2.13. The maximum absolute atomic E-state index is 15.1. The van der Waals surface area contributed by atoms with Crippen LogP contribution in [0.5, 0.6) is 0 Å². The molecule has 136 valence electrons. The normalized spacial score (nSPS) is 16.0. The molecule has 0 heterocycles. The Morgan fingerprint density at radius 2 is 1.07 bits per heavy atom. The molecule has 0 N–H and O–H groups in total. The van der Waals surface area contributed by atoms with Gasteiger partial charge in [0.05, 0.1) is 0 Å². The van der Waals surface area contributed by atoms with Crippen molar-refractivity contribution < 1.29 is 34.2 Å². The van der Waals surface area contributed by atoms with Crippen molar-refractivity contribution in [3.05, 3.63) is 104 Å². The summed E-state index contributed by atoms with van der Waals surface area (Å²) in [6.45, 7) is 0. The van der Waals surface area contributed by atoms with Gasteiger partial charge in [-0.1, -0.05) is 0 Å². The second-order valence-electron chi connectivity index (χ2n) is 6.60. The maximum atomic E-state index is 15.1. The summed E-state index contributed by atoms with van der Waals surface area (Å²) in [5, 5.41) is 0. The molecule has 2 aromatic carbocycles. The van der Waals surface area contributed by atoms with Crippen molar-refractivity contribution in [2.75, 3.05) is 0 Å². The van der Waals surface area contributed by atoms with E-state index in [2.05, 4.69) is 0 Å². The number of rotatable bonds is 4. The van der Waals surface area contributed by atoms with E-state index in [0.717, 1.165) is 19.9 Å². The summed E-state index contributed by atoms with van der Waals surface area (Å²) < 4.78 is 60.6. The molecular formula is C22H16F4Ti. The molecule has 0 unspecified atom stereocenters. The Labute approximate surface area is 158 Å². The molecule has 0 bridgehead atoms. The van der Waals surface area contributed by atoms with Crippen molar-refractivity contribution in [3.8, 4) is 0 Å². The Morgan fingerprint density at radius 3 is 1.44 bits per heavy atom. The average Bonchev–Trinajstić information content (AvgIpc) is 3.37. The molecule has 2 aliphatic rings. The van der Waals surface area contributed by atoms with Crippen LogP contribution in [0.1, 0.15) is 12.8 Å². The molecule has 0 spiro atoms. The van der Waals surface area contributed by atoms with Crippen molar-refractivity contribution in [2.45, 2.75) is 12.8 Å². The second kappa shape index (κ2) is 7.10. The van der Waals surface area contributed by atoms with E-state index in [1.807, 2.05) is 36.5 Å². The van der Waals surface area contributed by atoms with Gasteiger partial charge < -0.3 is 0 Å². The van der Waals surface area contributed by atoms with Gasteiger partial charge in [0.25, 0.3) is 0 Å². The fourth-order valence-corrected chi connectivity index (χ4v) is 12.2. The fraction of sp³-hybridized carbons (Fsp3) is 0.0909. The predicted molar refractivity (Wildman–Crippen MR) is 95.7 cm³/mol. The summed E-state index contributed by atoms with van der Waals surface area (Å²) in [6.07, 6.45) is 12.2. The molecule has 0 saturated heterocycles. The molecule has 0 radical (unpaired) electrons. The minimum absolute atomic E-state index is 0.171. The van der Waals surface area contributed by atoms with Gasteiger partial charge in [-0.3, -0.25) is 0 Å². The molecular weight excluding hydrogens is 388 g/mol. The molecule has 4 rings (SSSR count). The van der Waals surface area contributed by atoms with E-state index in [1.54, 1.807) is 0 Å². The van der Waals surface area contributed by atoms with Crippen LogP contribution in [0.25, 0.3) is 0 Å². The third-order valence-corrected chi connectivity index (χ3v) is 13.1. The Morgan fingerprint density at radius 1 is 0.630 bits per heavy atom. The van der Waals surface area contributed by atoms with Gasteiger partial charge in [-0.15, -0.1) is 0 Å². The third kappa shape index (κ3) is 2.79. The van der Waals surface area contributed by atoms with Crippen molar-refractivity contribution >= 4 is 7.74 Å². The van der Waals surface area contributed by atoms with Crippen LogP contribution in [0.15, 0.2) is 80.6 Å². The Bertz CT molecular complexity index is 947. The summed E-state index contributed by atoms with van der Waals surface area (Å²) in [6, 6.07) is 8.04. The van der Waals surface area contributed by atoms with E-state index >= 15 is 8.78 Å². The number of allylic oxidation sites excluding steroid dienone is 8. The summed E-state index contributed by atoms with van der Waals surface area (Å²) >= 11 is -4.18. The number of hydrogen-bond donors (Lipinski definition) is 0. The van der Waals surface area contributed by atoms with Gasteiger partial charge in [0.1, 0.15) is 0 Å². The SMILES string of the molecule is Fc1ccc[c]([Ti]([C]2=CC=CC2)([C]2=CC=CC2)[c]2cccc(F)c2F)c1F. The van der Waals surface area contributed by atoms with Crippen LogP contribution >= 0.6 is 0 Å². The molecule has 27 heavy (non-hydrogen) atoms. The molecule has 5 heteroatoms.